The molecule has 0 saturated carbocycles. The fraction of sp³-hybridized carbons (Fsp3) is 0.438. The molecule has 0 radical (unpaired) electrons. The normalized spacial score (nSPS) is 10.5. The first-order valence-electron chi connectivity index (χ1n) is 6.76. The summed E-state index contributed by atoms with van der Waals surface area (Å²) in [5.41, 5.74) is 0.655. The van der Waals surface area contributed by atoms with E-state index in [0.29, 0.717) is 5.69 Å². The van der Waals surface area contributed by atoms with E-state index in [9.17, 15) is 9.59 Å². The van der Waals surface area contributed by atoms with E-state index in [1.807, 2.05) is 0 Å². The van der Waals surface area contributed by atoms with Gasteiger partial charge < -0.3 is 9.47 Å². The van der Waals surface area contributed by atoms with E-state index in [1.54, 1.807) is 45.0 Å². The number of nitrogens with zero attached hydrogens (tertiary/aromatic N) is 2. The first-order chi connectivity index (χ1) is 10.2. The first kappa shape index (κ1) is 17.5. The largest absolute Gasteiger partial charge is 0.468 e. The van der Waals surface area contributed by atoms with Gasteiger partial charge >= 0.3 is 12.1 Å². The molecule has 0 aliphatic heterocycles. The molecule has 6 heteroatoms. The predicted molar refractivity (Wildman–Crippen MR) is 81.4 cm³/mol. The fourth-order valence-electron chi connectivity index (χ4n) is 1.63. The predicted octanol–water partition coefficient (Wildman–Crippen LogP) is 3.15. The lowest BCUT2D eigenvalue weighted by Gasteiger charge is -2.26. The van der Waals surface area contributed by atoms with Crippen molar-refractivity contribution in [2.45, 2.75) is 32.9 Å². The summed E-state index contributed by atoms with van der Waals surface area (Å²) >= 11 is 0. The molecule has 0 N–H and O–H groups in total. The van der Waals surface area contributed by atoms with Crippen molar-refractivity contribution in [2.24, 2.45) is 0 Å². The number of ether oxygens (including phenoxy) is 2. The molecule has 0 fully saturated rings. The zero-order chi connectivity index (χ0) is 16.8. The Hall–Kier alpha value is -2.55. The number of amides is 1. The third-order valence-corrected chi connectivity index (χ3v) is 2.64. The lowest BCUT2D eigenvalue weighted by Crippen LogP contribution is -2.39. The van der Waals surface area contributed by atoms with Crippen LogP contribution in [-0.4, -0.2) is 36.2 Å². The fourth-order valence-corrected chi connectivity index (χ4v) is 1.63. The van der Waals surface area contributed by atoms with E-state index in [1.165, 1.54) is 12.0 Å². The minimum absolute atomic E-state index is 0.197. The quantitative estimate of drug-likeness (QED) is 0.633. The Morgan fingerprint density at radius 3 is 2.27 bits per heavy atom. The van der Waals surface area contributed by atoms with Crippen LogP contribution < -0.4 is 0 Å². The van der Waals surface area contributed by atoms with Gasteiger partial charge in [-0.25, -0.2) is 9.64 Å². The number of methoxy groups -OCH3 is 1. The van der Waals surface area contributed by atoms with Crippen LogP contribution >= 0.6 is 0 Å². The monoisotopic (exact) mass is 304 g/mol. The van der Waals surface area contributed by atoms with Gasteiger partial charge in [-0.2, -0.15) is 0 Å². The molecule has 0 bridgehead atoms. The van der Waals surface area contributed by atoms with Crippen molar-refractivity contribution in [1.29, 1.82) is 0 Å². The van der Waals surface area contributed by atoms with Crippen molar-refractivity contribution in [1.82, 2.24) is 4.90 Å². The second-order valence-electron chi connectivity index (χ2n) is 5.69. The Labute approximate surface area is 130 Å². The molecule has 6 nitrogen and oxygen atoms in total. The Kier molecular flexibility index (Phi) is 5.93. The molecule has 1 amide bonds. The van der Waals surface area contributed by atoms with Crippen LogP contribution in [0.2, 0.25) is 0 Å². The molecule has 0 spiro atoms. The number of esters is 1. The maximum atomic E-state index is 12.2. The van der Waals surface area contributed by atoms with Gasteiger partial charge in [0, 0.05) is 6.54 Å². The molecule has 22 heavy (non-hydrogen) atoms. The summed E-state index contributed by atoms with van der Waals surface area (Å²) < 4.78 is 9.90. The van der Waals surface area contributed by atoms with Crippen LogP contribution in [0.3, 0.4) is 0 Å². The van der Waals surface area contributed by atoms with Crippen LogP contribution in [0.4, 0.5) is 10.5 Å². The highest BCUT2D eigenvalue weighted by molar-refractivity contribution is 5.78. The number of hydrogen-bond donors (Lipinski definition) is 0. The van der Waals surface area contributed by atoms with Crippen LogP contribution in [0.1, 0.15) is 26.3 Å². The Bertz CT molecular complexity index is 567. The summed E-state index contributed by atoms with van der Waals surface area (Å²) in [5.74, 6) is -0.524. The van der Waals surface area contributed by atoms with Crippen LogP contribution in [0.25, 0.3) is 4.85 Å². The van der Waals surface area contributed by atoms with Crippen molar-refractivity contribution in [3.8, 4) is 0 Å². The van der Waals surface area contributed by atoms with E-state index in [-0.39, 0.29) is 13.1 Å². The van der Waals surface area contributed by atoms with Crippen LogP contribution in [0, 0.1) is 6.57 Å². The van der Waals surface area contributed by atoms with Gasteiger partial charge in [0.15, 0.2) is 5.69 Å². The van der Waals surface area contributed by atoms with Crippen molar-refractivity contribution in [2.75, 3.05) is 13.7 Å². The molecular formula is C16H20N2O4. The van der Waals surface area contributed by atoms with Gasteiger partial charge in [-0.05, 0) is 26.3 Å². The second-order valence-corrected chi connectivity index (χ2v) is 5.69. The summed E-state index contributed by atoms with van der Waals surface area (Å²) in [6.07, 6.45) is -0.591. The van der Waals surface area contributed by atoms with Gasteiger partial charge in [-0.1, -0.05) is 24.3 Å². The van der Waals surface area contributed by atoms with Crippen LogP contribution in [-0.2, 0) is 20.8 Å². The Balaban J connectivity index is 2.87. The molecule has 0 heterocycles. The number of rotatable bonds is 4. The molecule has 0 aliphatic rings. The summed E-state index contributed by atoms with van der Waals surface area (Å²) in [5, 5.41) is 0. The first-order valence-corrected chi connectivity index (χ1v) is 6.76. The highest BCUT2D eigenvalue weighted by atomic mass is 16.6. The zero-order valence-electron chi connectivity index (χ0n) is 13.3. The third kappa shape index (κ3) is 5.83. The van der Waals surface area contributed by atoms with Crippen LogP contribution in [0.5, 0.6) is 0 Å². The summed E-state index contributed by atoms with van der Waals surface area (Å²) in [7, 11) is 1.26. The summed E-state index contributed by atoms with van der Waals surface area (Å²) in [6, 6.07) is 6.80. The molecule has 1 rings (SSSR count). The highest BCUT2D eigenvalue weighted by Crippen LogP contribution is 2.16. The highest BCUT2D eigenvalue weighted by Gasteiger charge is 2.24. The van der Waals surface area contributed by atoms with E-state index < -0.39 is 17.7 Å². The van der Waals surface area contributed by atoms with Crippen LogP contribution in [0.15, 0.2) is 24.3 Å². The van der Waals surface area contributed by atoms with E-state index in [2.05, 4.69) is 9.58 Å². The molecular weight excluding hydrogens is 284 g/mol. The molecule has 1 aromatic carbocycles. The topological polar surface area (TPSA) is 60.2 Å². The minimum Gasteiger partial charge on any atom is -0.468 e. The summed E-state index contributed by atoms with van der Waals surface area (Å²) in [6.45, 7) is 12.2. The van der Waals surface area contributed by atoms with Crippen molar-refractivity contribution < 1.29 is 19.1 Å². The molecule has 1 aromatic rings. The molecule has 118 valence electrons. The number of carbonyl (C=O) groups is 2. The lowest BCUT2D eigenvalue weighted by atomic mass is 10.2. The molecule has 0 aromatic heterocycles. The average molecular weight is 304 g/mol. The van der Waals surface area contributed by atoms with Crippen molar-refractivity contribution in [3.05, 3.63) is 41.2 Å². The molecule has 0 atom stereocenters. The number of benzene rings is 1. The SMILES string of the molecule is [C-]#[N+]c1ccc(CN(CC(=O)OC)C(=O)OC(C)(C)C)cc1. The zero-order valence-corrected chi connectivity index (χ0v) is 13.3. The maximum absolute atomic E-state index is 12.2. The van der Waals surface area contributed by atoms with Crippen molar-refractivity contribution >= 4 is 17.7 Å². The average Bonchev–Trinajstić information content (AvgIpc) is 2.45. The number of hydrogen-bond acceptors (Lipinski definition) is 4. The van der Waals surface area contributed by atoms with Gasteiger partial charge in [0.05, 0.1) is 13.7 Å². The third-order valence-electron chi connectivity index (χ3n) is 2.64. The van der Waals surface area contributed by atoms with Gasteiger partial charge in [-0.15, -0.1) is 0 Å². The molecule has 0 unspecified atom stereocenters. The Morgan fingerprint density at radius 1 is 1.23 bits per heavy atom. The maximum Gasteiger partial charge on any atom is 0.411 e. The lowest BCUT2D eigenvalue weighted by molar-refractivity contribution is -0.142. The molecule has 0 saturated heterocycles. The molecule has 0 aliphatic carbocycles. The smallest absolute Gasteiger partial charge is 0.411 e. The number of carbonyl (C=O) groups excluding carboxylic acids is 2. The van der Waals surface area contributed by atoms with Crippen molar-refractivity contribution in [3.63, 3.8) is 0 Å². The van der Waals surface area contributed by atoms with E-state index >= 15 is 0 Å². The summed E-state index contributed by atoms with van der Waals surface area (Å²) in [4.78, 5) is 28.2. The van der Waals surface area contributed by atoms with Gasteiger partial charge in [-0.3, -0.25) is 9.69 Å². The van der Waals surface area contributed by atoms with Gasteiger partial charge in [0.1, 0.15) is 12.1 Å². The standard InChI is InChI=1S/C16H20N2O4/c1-16(2,3)22-15(20)18(11-14(19)21-5)10-12-6-8-13(17-4)9-7-12/h6-9H,10-11H2,1-3,5H3. The van der Waals surface area contributed by atoms with E-state index in [4.69, 9.17) is 11.3 Å². The van der Waals surface area contributed by atoms with Gasteiger partial charge in [0.2, 0.25) is 0 Å². The van der Waals surface area contributed by atoms with E-state index in [0.717, 1.165) is 5.56 Å². The Morgan fingerprint density at radius 2 is 1.82 bits per heavy atom. The van der Waals surface area contributed by atoms with Gasteiger partial charge in [0.25, 0.3) is 0 Å². The second kappa shape index (κ2) is 7.46. The minimum atomic E-state index is -0.653.